The first-order valence-electron chi connectivity index (χ1n) is 10.0. The minimum atomic E-state index is -0.441. The molecule has 0 N–H and O–H groups in total. The van der Waals surface area contributed by atoms with E-state index in [9.17, 15) is 9.59 Å². The molecule has 0 fully saturated rings. The van der Waals surface area contributed by atoms with Crippen LogP contribution >= 0.6 is 0 Å². The maximum Gasteiger partial charge on any atom is 0.313 e. The Balaban J connectivity index is 0. The van der Waals surface area contributed by atoms with Gasteiger partial charge in [-0.1, -0.05) is 13.8 Å². The monoisotopic (exact) mass is 406 g/mol. The van der Waals surface area contributed by atoms with Crippen molar-refractivity contribution in [3.05, 3.63) is 0 Å². The molecule has 0 saturated heterocycles. The molecule has 0 aromatic carbocycles. The van der Waals surface area contributed by atoms with Gasteiger partial charge in [0.15, 0.2) is 6.29 Å². The van der Waals surface area contributed by atoms with Gasteiger partial charge in [0.2, 0.25) is 0 Å². The third kappa shape index (κ3) is 13.9. The van der Waals surface area contributed by atoms with E-state index >= 15 is 0 Å². The van der Waals surface area contributed by atoms with Crippen LogP contribution < -0.4 is 0 Å². The van der Waals surface area contributed by atoms with Crippen LogP contribution in [0.3, 0.4) is 0 Å². The van der Waals surface area contributed by atoms with E-state index < -0.39 is 17.1 Å². The Bertz CT molecular complexity index is 419. The van der Waals surface area contributed by atoms with E-state index in [1.807, 2.05) is 48.5 Å². The molecular formula is C21H42O7. The van der Waals surface area contributed by atoms with Gasteiger partial charge in [0.05, 0.1) is 30.7 Å². The van der Waals surface area contributed by atoms with Gasteiger partial charge in [-0.3, -0.25) is 9.59 Å². The molecule has 0 aromatic rings. The zero-order valence-electron chi connectivity index (χ0n) is 19.4. The van der Waals surface area contributed by atoms with Crippen LogP contribution in [0.4, 0.5) is 0 Å². The van der Waals surface area contributed by atoms with E-state index in [2.05, 4.69) is 0 Å². The van der Waals surface area contributed by atoms with Crippen molar-refractivity contribution in [2.24, 2.45) is 10.8 Å². The predicted molar refractivity (Wildman–Crippen MR) is 109 cm³/mol. The molecule has 7 heteroatoms. The van der Waals surface area contributed by atoms with E-state index in [0.717, 1.165) is 12.8 Å². The van der Waals surface area contributed by atoms with Gasteiger partial charge in [0, 0.05) is 13.7 Å². The summed E-state index contributed by atoms with van der Waals surface area (Å²) in [6, 6.07) is 0. The maximum absolute atomic E-state index is 11.5. The highest BCUT2D eigenvalue weighted by molar-refractivity contribution is 5.76. The Morgan fingerprint density at radius 1 is 0.821 bits per heavy atom. The molecule has 0 bridgehead atoms. The van der Waals surface area contributed by atoms with Crippen LogP contribution in [0, 0.1) is 10.8 Å². The van der Waals surface area contributed by atoms with Crippen LogP contribution in [0.15, 0.2) is 0 Å². The van der Waals surface area contributed by atoms with Crippen molar-refractivity contribution in [3.8, 4) is 0 Å². The summed E-state index contributed by atoms with van der Waals surface area (Å²) in [6.07, 6.45) is 1.10. The average Bonchev–Trinajstić information content (AvgIpc) is 2.64. The SMILES string of the molecule is CCC(C)(C)C(=O)OCCOCCOC.CCOC(C)OC(=O)C(C)(C)CC. The van der Waals surface area contributed by atoms with Gasteiger partial charge < -0.3 is 23.7 Å². The normalized spacial score (nSPS) is 12.6. The second-order valence-corrected chi connectivity index (χ2v) is 7.64. The fourth-order valence-corrected chi connectivity index (χ4v) is 1.50. The van der Waals surface area contributed by atoms with Crippen LogP contribution in [0.2, 0.25) is 0 Å². The van der Waals surface area contributed by atoms with Crippen molar-refractivity contribution in [1.82, 2.24) is 0 Å². The Hall–Kier alpha value is -1.18. The smallest absolute Gasteiger partial charge is 0.313 e. The molecule has 0 saturated carbocycles. The van der Waals surface area contributed by atoms with Crippen molar-refractivity contribution >= 4 is 11.9 Å². The fourth-order valence-electron chi connectivity index (χ4n) is 1.50. The molecule has 0 radical (unpaired) electrons. The molecule has 1 unspecified atom stereocenters. The number of hydrogen-bond acceptors (Lipinski definition) is 7. The number of carbonyl (C=O) groups excluding carboxylic acids is 2. The molecule has 0 spiro atoms. The maximum atomic E-state index is 11.5. The quantitative estimate of drug-likeness (QED) is 0.260. The Morgan fingerprint density at radius 2 is 1.32 bits per heavy atom. The lowest BCUT2D eigenvalue weighted by atomic mass is 9.91. The van der Waals surface area contributed by atoms with Crippen LogP contribution in [0.1, 0.15) is 68.2 Å². The average molecular weight is 407 g/mol. The highest BCUT2D eigenvalue weighted by Crippen LogP contribution is 2.22. The Morgan fingerprint density at radius 3 is 1.79 bits per heavy atom. The number of hydrogen-bond donors (Lipinski definition) is 0. The molecule has 0 aliphatic rings. The van der Waals surface area contributed by atoms with Crippen LogP contribution in [0.5, 0.6) is 0 Å². The Kier molecular flexibility index (Phi) is 16.3. The summed E-state index contributed by atoms with van der Waals surface area (Å²) in [6.45, 7) is 17.4. The minimum absolute atomic E-state index is 0.166. The standard InChI is InChI=1S/C11H22O4.C10H20O3/c1-5-11(2,3)10(12)15-9-8-14-7-6-13-4;1-6-10(4,5)9(11)13-8(3)12-7-2/h5-9H2,1-4H3;8H,6-7H2,1-5H3. The highest BCUT2D eigenvalue weighted by atomic mass is 16.7. The summed E-state index contributed by atoms with van der Waals surface area (Å²) in [5.41, 5.74) is -0.808. The largest absolute Gasteiger partial charge is 0.463 e. The van der Waals surface area contributed by atoms with Crippen molar-refractivity contribution < 1.29 is 33.3 Å². The first kappa shape index (κ1) is 29.0. The van der Waals surface area contributed by atoms with E-state index in [-0.39, 0.29) is 11.9 Å². The second kappa shape index (κ2) is 15.7. The summed E-state index contributed by atoms with van der Waals surface area (Å²) >= 11 is 0. The zero-order valence-corrected chi connectivity index (χ0v) is 19.4. The van der Waals surface area contributed by atoms with Gasteiger partial charge in [-0.2, -0.15) is 0 Å². The number of ether oxygens (including phenoxy) is 5. The van der Waals surface area contributed by atoms with Crippen molar-refractivity contribution in [3.63, 3.8) is 0 Å². The van der Waals surface area contributed by atoms with Crippen molar-refractivity contribution in [2.45, 2.75) is 74.5 Å². The fraction of sp³-hybridized carbons (Fsp3) is 0.905. The van der Waals surface area contributed by atoms with Crippen LogP contribution in [0.25, 0.3) is 0 Å². The minimum Gasteiger partial charge on any atom is -0.463 e. The summed E-state index contributed by atoms with van der Waals surface area (Å²) in [5.74, 6) is -0.365. The molecule has 1 atom stereocenters. The van der Waals surface area contributed by atoms with E-state index in [4.69, 9.17) is 23.7 Å². The highest BCUT2D eigenvalue weighted by Gasteiger charge is 2.28. The number of esters is 2. The molecule has 0 aliphatic heterocycles. The molecule has 0 heterocycles. The Labute approximate surface area is 171 Å². The lowest BCUT2D eigenvalue weighted by molar-refractivity contribution is -0.184. The molecule has 7 nitrogen and oxygen atoms in total. The van der Waals surface area contributed by atoms with Gasteiger partial charge in [0.25, 0.3) is 0 Å². The summed E-state index contributed by atoms with van der Waals surface area (Å²) in [7, 11) is 1.62. The molecule has 28 heavy (non-hydrogen) atoms. The van der Waals surface area contributed by atoms with Crippen molar-refractivity contribution in [1.29, 1.82) is 0 Å². The van der Waals surface area contributed by atoms with Crippen LogP contribution in [-0.4, -0.2) is 58.4 Å². The molecule has 0 amide bonds. The summed E-state index contributed by atoms with van der Waals surface area (Å²) in [5, 5.41) is 0. The van der Waals surface area contributed by atoms with Gasteiger partial charge in [-0.05, 0) is 54.4 Å². The number of carbonyl (C=O) groups is 2. The molecule has 0 aliphatic carbocycles. The zero-order chi connectivity index (χ0) is 22.2. The molecule has 0 aromatic heterocycles. The second-order valence-electron chi connectivity index (χ2n) is 7.64. The molecule has 0 rings (SSSR count). The number of methoxy groups -OCH3 is 1. The first-order chi connectivity index (χ1) is 13.0. The summed E-state index contributed by atoms with van der Waals surface area (Å²) < 4.78 is 25.2. The molecule has 168 valence electrons. The lowest BCUT2D eigenvalue weighted by Crippen LogP contribution is -2.30. The van der Waals surface area contributed by atoms with Gasteiger partial charge >= 0.3 is 11.9 Å². The molecular weight excluding hydrogens is 364 g/mol. The van der Waals surface area contributed by atoms with E-state index in [0.29, 0.717) is 33.0 Å². The summed E-state index contributed by atoms with van der Waals surface area (Å²) in [4.78, 5) is 23.0. The van der Waals surface area contributed by atoms with E-state index in [1.165, 1.54) is 0 Å². The van der Waals surface area contributed by atoms with Gasteiger partial charge in [-0.15, -0.1) is 0 Å². The van der Waals surface area contributed by atoms with Gasteiger partial charge in [0.1, 0.15) is 6.61 Å². The number of rotatable bonds is 13. The third-order valence-electron chi connectivity index (χ3n) is 4.44. The van der Waals surface area contributed by atoms with Gasteiger partial charge in [-0.25, -0.2) is 0 Å². The predicted octanol–water partition coefficient (Wildman–Crippen LogP) is 3.98. The van der Waals surface area contributed by atoms with Crippen LogP contribution in [-0.2, 0) is 33.3 Å². The first-order valence-corrected chi connectivity index (χ1v) is 10.0. The topological polar surface area (TPSA) is 80.3 Å². The van der Waals surface area contributed by atoms with Crippen molar-refractivity contribution in [2.75, 3.05) is 40.1 Å². The third-order valence-corrected chi connectivity index (χ3v) is 4.44. The van der Waals surface area contributed by atoms with E-state index in [1.54, 1.807) is 14.0 Å². The lowest BCUT2D eigenvalue weighted by Gasteiger charge is -2.23.